The second-order valence-corrected chi connectivity index (χ2v) is 5.09. The lowest BCUT2D eigenvalue weighted by atomic mass is 9.99. The summed E-state index contributed by atoms with van der Waals surface area (Å²) in [5.74, 6) is 2.42. The largest absolute Gasteiger partial charge is 0.355 e. The van der Waals surface area contributed by atoms with E-state index in [-0.39, 0.29) is 18.4 Å². The summed E-state index contributed by atoms with van der Waals surface area (Å²) in [5.41, 5.74) is 6.79. The molecular formula is C13H17ClN4. The maximum Gasteiger partial charge on any atom is 0.128 e. The van der Waals surface area contributed by atoms with Gasteiger partial charge in [0.2, 0.25) is 0 Å². The number of nitriles is 1. The van der Waals surface area contributed by atoms with Crippen molar-refractivity contribution in [3.05, 3.63) is 23.9 Å². The molecule has 1 aliphatic carbocycles. The molecule has 1 aromatic heterocycles. The zero-order valence-electron chi connectivity index (χ0n) is 10.1. The van der Waals surface area contributed by atoms with Crippen LogP contribution < -0.4 is 10.6 Å². The summed E-state index contributed by atoms with van der Waals surface area (Å²) in [6.45, 7) is 1.91. The van der Waals surface area contributed by atoms with Crippen LogP contribution in [0, 0.1) is 23.2 Å². The molecule has 4 nitrogen and oxygen atoms in total. The minimum absolute atomic E-state index is 0. The van der Waals surface area contributed by atoms with E-state index in [1.165, 1.54) is 12.8 Å². The first-order chi connectivity index (χ1) is 8.28. The molecule has 2 N–H and O–H groups in total. The van der Waals surface area contributed by atoms with Crippen molar-refractivity contribution in [2.24, 2.45) is 17.6 Å². The van der Waals surface area contributed by atoms with Gasteiger partial charge < -0.3 is 10.6 Å². The minimum atomic E-state index is 0. The number of pyridine rings is 1. The van der Waals surface area contributed by atoms with Crippen molar-refractivity contribution in [3.8, 4) is 6.07 Å². The molecule has 96 valence electrons. The Morgan fingerprint density at radius 2 is 2.11 bits per heavy atom. The van der Waals surface area contributed by atoms with Crippen LogP contribution in [0.5, 0.6) is 0 Å². The van der Waals surface area contributed by atoms with E-state index in [9.17, 15) is 0 Å². The Bertz CT molecular complexity index is 449. The number of halogens is 1. The third kappa shape index (κ3) is 2.43. The van der Waals surface area contributed by atoms with Gasteiger partial charge in [0.05, 0.1) is 5.56 Å². The molecule has 0 radical (unpaired) electrons. The van der Waals surface area contributed by atoms with Gasteiger partial charge in [0.1, 0.15) is 11.9 Å². The Hall–Kier alpha value is -1.31. The smallest absolute Gasteiger partial charge is 0.128 e. The predicted molar refractivity (Wildman–Crippen MR) is 72.6 cm³/mol. The summed E-state index contributed by atoms with van der Waals surface area (Å²) in [5, 5.41) is 8.74. The fraction of sp³-hybridized carbons (Fsp3) is 0.538. The van der Waals surface area contributed by atoms with Gasteiger partial charge in [0.25, 0.3) is 0 Å². The average Bonchev–Trinajstić information content (AvgIpc) is 3.13. The molecular weight excluding hydrogens is 248 g/mol. The molecule has 1 saturated carbocycles. The second kappa shape index (κ2) is 5.13. The SMILES string of the molecule is Cl.N#Cc1ccc(N2C[C@H](C3CC3)[C@@H](N)C2)nc1. The first-order valence-corrected chi connectivity index (χ1v) is 6.14. The lowest BCUT2D eigenvalue weighted by molar-refractivity contribution is 0.456. The third-order valence-corrected chi connectivity index (χ3v) is 3.84. The highest BCUT2D eigenvalue weighted by molar-refractivity contribution is 5.85. The molecule has 0 amide bonds. The van der Waals surface area contributed by atoms with Gasteiger partial charge in [-0.3, -0.25) is 0 Å². The number of nitrogens with zero attached hydrogens (tertiary/aromatic N) is 3. The molecule has 0 aromatic carbocycles. The Morgan fingerprint density at radius 1 is 1.33 bits per heavy atom. The number of hydrogen-bond donors (Lipinski definition) is 1. The van der Waals surface area contributed by atoms with Gasteiger partial charge in [-0.15, -0.1) is 12.4 Å². The lowest BCUT2D eigenvalue weighted by Gasteiger charge is -2.16. The van der Waals surface area contributed by atoms with Gasteiger partial charge in [-0.05, 0) is 36.8 Å². The average molecular weight is 265 g/mol. The van der Waals surface area contributed by atoms with Gasteiger partial charge >= 0.3 is 0 Å². The van der Waals surface area contributed by atoms with E-state index in [2.05, 4.69) is 16.0 Å². The van der Waals surface area contributed by atoms with Crippen molar-refractivity contribution in [1.82, 2.24) is 4.98 Å². The molecule has 3 rings (SSSR count). The van der Waals surface area contributed by atoms with E-state index in [1.54, 1.807) is 6.20 Å². The number of nitrogens with two attached hydrogens (primary N) is 1. The first kappa shape index (κ1) is 13.1. The summed E-state index contributed by atoms with van der Waals surface area (Å²) in [4.78, 5) is 6.57. The summed E-state index contributed by atoms with van der Waals surface area (Å²) >= 11 is 0. The molecule has 1 aliphatic heterocycles. The quantitative estimate of drug-likeness (QED) is 0.880. The summed E-state index contributed by atoms with van der Waals surface area (Å²) in [6.07, 6.45) is 4.31. The Morgan fingerprint density at radius 3 is 2.67 bits per heavy atom. The fourth-order valence-corrected chi connectivity index (χ4v) is 2.70. The number of hydrogen-bond acceptors (Lipinski definition) is 4. The van der Waals surface area contributed by atoms with Crippen LogP contribution in [0.1, 0.15) is 18.4 Å². The predicted octanol–water partition coefficient (Wildman–Crippen LogP) is 1.55. The van der Waals surface area contributed by atoms with E-state index in [4.69, 9.17) is 11.0 Å². The van der Waals surface area contributed by atoms with Crippen molar-refractivity contribution in [2.45, 2.75) is 18.9 Å². The zero-order valence-corrected chi connectivity index (χ0v) is 10.9. The van der Waals surface area contributed by atoms with E-state index >= 15 is 0 Å². The molecule has 2 aliphatic rings. The van der Waals surface area contributed by atoms with Crippen LogP contribution >= 0.6 is 12.4 Å². The summed E-state index contributed by atoms with van der Waals surface area (Å²) in [7, 11) is 0. The molecule has 1 saturated heterocycles. The second-order valence-electron chi connectivity index (χ2n) is 5.09. The van der Waals surface area contributed by atoms with Gasteiger partial charge in [-0.25, -0.2) is 4.98 Å². The van der Waals surface area contributed by atoms with Crippen LogP contribution in [-0.4, -0.2) is 24.1 Å². The summed E-state index contributed by atoms with van der Waals surface area (Å²) in [6, 6.07) is 6.10. The van der Waals surface area contributed by atoms with E-state index in [0.29, 0.717) is 11.5 Å². The monoisotopic (exact) mass is 264 g/mol. The van der Waals surface area contributed by atoms with Gasteiger partial charge in [-0.2, -0.15) is 5.26 Å². The van der Waals surface area contributed by atoms with E-state index in [1.807, 2.05) is 12.1 Å². The molecule has 2 fully saturated rings. The van der Waals surface area contributed by atoms with Gasteiger partial charge in [-0.1, -0.05) is 0 Å². The molecule has 0 spiro atoms. The van der Waals surface area contributed by atoms with Crippen molar-refractivity contribution in [2.75, 3.05) is 18.0 Å². The Balaban J connectivity index is 0.00000120. The minimum Gasteiger partial charge on any atom is -0.355 e. The maximum absolute atomic E-state index is 8.74. The summed E-state index contributed by atoms with van der Waals surface area (Å²) < 4.78 is 0. The molecule has 5 heteroatoms. The number of anilines is 1. The van der Waals surface area contributed by atoms with Crippen LogP contribution in [0.3, 0.4) is 0 Å². The molecule has 1 aromatic rings. The third-order valence-electron chi connectivity index (χ3n) is 3.84. The Kier molecular flexibility index (Phi) is 3.74. The number of aromatic nitrogens is 1. The van der Waals surface area contributed by atoms with E-state index < -0.39 is 0 Å². The highest BCUT2D eigenvalue weighted by Gasteiger charge is 2.41. The van der Waals surface area contributed by atoms with Gasteiger partial charge in [0.15, 0.2) is 0 Å². The number of rotatable bonds is 2. The van der Waals surface area contributed by atoms with Crippen molar-refractivity contribution < 1.29 is 0 Å². The van der Waals surface area contributed by atoms with Gasteiger partial charge in [0, 0.05) is 25.3 Å². The molecule has 2 atom stereocenters. The maximum atomic E-state index is 8.74. The molecule has 0 bridgehead atoms. The first-order valence-electron chi connectivity index (χ1n) is 6.14. The highest BCUT2D eigenvalue weighted by atomic mass is 35.5. The lowest BCUT2D eigenvalue weighted by Crippen LogP contribution is -2.30. The highest BCUT2D eigenvalue weighted by Crippen LogP contribution is 2.41. The molecule has 0 unspecified atom stereocenters. The van der Waals surface area contributed by atoms with Crippen molar-refractivity contribution >= 4 is 18.2 Å². The van der Waals surface area contributed by atoms with Crippen LogP contribution in [0.4, 0.5) is 5.82 Å². The zero-order chi connectivity index (χ0) is 11.8. The molecule has 2 heterocycles. The van der Waals surface area contributed by atoms with Crippen LogP contribution in [0.2, 0.25) is 0 Å². The van der Waals surface area contributed by atoms with Crippen molar-refractivity contribution in [3.63, 3.8) is 0 Å². The van der Waals surface area contributed by atoms with Crippen LogP contribution in [0.15, 0.2) is 18.3 Å². The van der Waals surface area contributed by atoms with E-state index in [0.717, 1.165) is 24.8 Å². The standard InChI is InChI=1S/C13H16N4.ClH/c14-5-9-1-4-13(16-6-9)17-7-11(10-2-3-10)12(15)8-17;/h1,4,6,10-12H,2-3,7-8,15H2;1H/t11-,12+;/m1./s1. The normalized spacial score (nSPS) is 26.6. The molecule has 18 heavy (non-hydrogen) atoms. The van der Waals surface area contributed by atoms with Crippen LogP contribution in [0.25, 0.3) is 0 Å². The van der Waals surface area contributed by atoms with Crippen LogP contribution in [-0.2, 0) is 0 Å². The fourth-order valence-electron chi connectivity index (χ4n) is 2.70. The topological polar surface area (TPSA) is 65.9 Å². The van der Waals surface area contributed by atoms with Crippen molar-refractivity contribution in [1.29, 1.82) is 5.26 Å². The Labute approximate surface area is 113 Å².